The monoisotopic (exact) mass is 263 g/mol. The molecule has 0 fully saturated rings. The van der Waals surface area contributed by atoms with Crippen molar-refractivity contribution >= 4 is 5.69 Å². The number of halogens is 1. The molecule has 98 valence electrons. The maximum Gasteiger partial charge on any atom is 0.272 e. The second-order valence-corrected chi connectivity index (χ2v) is 3.92. The van der Waals surface area contributed by atoms with Crippen LogP contribution in [0.1, 0.15) is 5.56 Å². The minimum absolute atomic E-state index is 0.0179. The van der Waals surface area contributed by atoms with Crippen LogP contribution in [0.25, 0.3) is 0 Å². The van der Waals surface area contributed by atoms with Crippen LogP contribution < -0.4 is 4.74 Å². The topological polar surface area (TPSA) is 72.6 Å². The highest BCUT2D eigenvalue weighted by Gasteiger charge is 2.12. The summed E-state index contributed by atoms with van der Waals surface area (Å²) in [5.74, 6) is -0.514. The Morgan fingerprint density at radius 2 is 2.00 bits per heavy atom. The summed E-state index contributed by atoms with van der Waals surface area (Å²) >= 11 is 0. The molecular formula is C13H10FNO4. The van der Waals surface area contributed by atoms with E-state index in [-0.39, 0.29) is 17.2 Å². The number of benzene rings is 2. The molecule has 5 nitrogen and oxygen atoms in total. The van der Waals surface area contributed by atoms with Crippen LogP contribution in [0.4, 0.5) is 10.1 Å². The lowest BCUT2D eigenvalue weighted by Gasteiger charge is -2.08. The number of phenolic OH excluding ortho intramolecular Hbond substituents is 1. The maximum atomic E-state index is 12.8. The number of aryl methyl sites for hydroxylation is 1. The zero-order chi connectivity index (χ0) is 14.0. The van der Waals surface area contributed by atoms with Gasteiger partial charge in [0.15, 0.2) is 11.5 Å². The Labute approximate surface area is 108 Å². The highest BCUT2D eigenvalue weighted by atomic mass is 19.1. The number of nitro groups is 1. The first-order valence-corrected chi connectivity index (χ1v) is 5.39. The molecule has 0 aliphatic rings. The van der Waals surface area contributed by atoms with Gasteiger partial charge in [-0.3, -0.25) is 10.1 Å². The van der Waals surface area contributed by atoms with Crippen LogP contribution in [-0.2, 0) is 0 Å². The average molecular weight is 263 g/mol. The SMILES string of the molecule is Cc1cc(Oc2ccc(F)cc2O)ccc1[N+](=O)[O-]. The number of hydrogen-bond acceptors (Lipinski definition) is 4. The van der Waals surface area contributed by atoms with Crippen LogP contribution in [-0.4, -0.2) is 10.0 Å². The van der Waals surface area contributed by atoms with E-state index >= 15 is 0 Å². The van der Waals surface area contributed by atoms with Crippen LogP contribution in [0, 0.1) is 22.9 Å². The summed E-state index contributed by atoms with van der Waals surface area (Å²) in [7, 11) is 0. The Morgan fingerprint density at radius 3 is 2.58 bits per heavy atom. The largest absolute Gasteiger partial charge is 0.504 e. The summed E-state index contributed by atoms with van der Waals surface area (Å²) in [5, 5.41) is 20.2. The van der Waals surface area contributed by atoms with Gasteiger partial charge >= 0.3 is 0 Å². The molecule has 0 bridgehead atoms. The molecule has 0 saturated carbocycles. The van der Waals surface area contributed by atoms with Crippen LogP contribution in [0.15, 0.2) is 36.4 Å². The molecule has 0 atom stereocenters. The third kappa shape index (κ3) is 2.79. The number of nitro benzene ring substituents is 1. The molecule has 0 unspecified atom stereocenters. The van der Waals surface area contributed by atoms with E-state index in [2.05, 4.69) is 0 Å². The standard InChI is InChI=1S/C13H10FNO4/c1-8-6-10(3-4-11(8)15(17)18)19-13-5-2-9(14)7-12(13)16/h2-7,16H,1H3. The van der Waals surface area contributed by atoms with E-state index in [0.29, 0.717) is 11.3 Å². The lowest BCUT2D eigenvalue weighted by atomic mass is 10.2. The number of ether oxygens (including phenoxy) is 1. The predicted molar refractivity (Wildman–Crippen MR) is 66.0 cm³/mol. The second-order valence-electron chi connectivity index (χ2n) is 3.92. The summed E-state index contributed by atoms with van der Waals surface area (Å²) in [5.41, 5.74) is 0.416. The summed E-state index contributed by atoms with van der Waals surface area (Å²) in [4.78, 5) is 10.2. The number of rotatable bonds is 3. The fraction of sp³-hybridized carbons (Fsp3) is 0.0769. The first-order valence-electron chi connectivity index (χ1n) is 5.39. The number of aromatic hydroxyl groups is 1. The Bertz CT molecular complexity index is 643. The van der Waals surface area contributed by atoms with Crippen molar-refractivity contribution in [2.75, 3.05) is 0 Å². The molecule has 2 aromatic carbocycles. The molecular weight excluding hydrogens is 253 g/mol. The molecule has 2 aromatic rings. The van der Waals surface area contributed by atoms with E-state index in [0.717, 1.165) is 12.1 Å². The van der Waals surface area contributed by atoms with Gasteiger partial charge in [0.2, 0.25) is 0 Å². The van der Waals surface area contributed by atoms with Crippen molar-refractivity contribution in [1.29, 1.82) is 0 Å². The molecule has 0 aliphatic heterocycles. The van der Waals surface area contributed by atoms with Crippen molar-refractivity contribution in [1.82, 2.24) is 0 Å². The minimum Gasteiger partial charge on any atom is -0.504 e. The molecule has 0 aliphatic carbocycles. The fourth-order valence-corrected chi connectivity index (χ4v) is 1.60. The van der Waals surface area contributed by atoms with E-state index in [9.17, 15) is 19.6 Å². The Hall–Kier alpha value is -2.63. The highest BCUT2D eigenvalue weighted by molar-refractivity contribution is 5.47. The molecule has 0 heterocycles. The second kappa shape index (κ2) is 4.93. The van der Waals surface area contributed by atoms with Gasteiger partial charge in [-0.1, -0.05) is 0 Å². The first-order chi connectivity index (χ1) is 8.97. The summed E-state index contributed by atoms with van der Waals surface area (Å²) in [6.07, 6.45) is 0. The summed E-state index contributed by atoms with van der Waals surface area (Å²) in [6, 6.07) is 7.54. The Kier molecular flexibility index (Phi) is 3.33. The molecule has 2 rings (SSSR count). The highest BCUT2D eigenvalue weighted by Crippen LogP contribution is 2.32. The van der Waals surface area contributed by atoms with Crippen LogP contribution in [0.3, 0.4) is 0 Å². The minimum atomic E-state index is -0.579. The molecule has 0 saturated heterocycles. The number of phenols is 1. The van der Waals surface area contributed by atoms with E-state index in [4.69, 9.17) is 4.74 Å². The molecule has 1 N–H and O–H groups in total. The van der Waals surface area contributed by atoms with Gasteiger partial charge in [0.05, 0.1) is 4.92 Å². The van der Waals surface area contributed by atoms with Gasteiger partial charge < -0.3 is 9.84 Å². The lowest BCUT2D eigenvalue weighted by molar-refractivity contribution is -0.385. The van der Waals surface area contributed by atoms with Gasteiger partial charge in [-0.15, -0.1) is 0 Å². The fourth-order valence-electron chi connectivity index (χ4n) is 1.60. The van der Waals surface area contributed by atoms with E-state index in [1.807, 2.05) is 0 Å². The summed E-state index contributed by atoms with van der Waals surface area (Å²) in [6.45, 7) is 1.58. The molecule has 0 aromatic heterocycles. The normalized spacial score (nSPS) is 10.2. The van der Waals surface area contributed by atoms with Gasteiger partial charge in [0.25, 0.3) is 5.69 Å². The van der Waals surface area contributed by atoms with E-state index < -0.39 is 10.7 Å². The Morgan fingerprint density at radius 1 is 1.26 bits per heavy atom. The van der Waals surface area contributed by atoms with Crippen molar-refractivity contribution in [2.45, 2.75) is 6.92 Å². The van der Waals surface area contributed by atoms with Gasteiger partial charge in [0.1, 0.15) is 11.6 Å². The van der Waals surface area contributed by atoms with Gasteiger partial charge in [-0.25, -0.2) is 4.39 Å². The van der Waals surface area contributed by atoms with E-state index in [1.54, 1.807) is 6.92 Å². The number of nitrogens with zero attached hydrogens (tertiary/aromatic N) is 1. The molecule has 0 radical (unpaired) electrons. The molecule has 0 spiro atoms. The lowest BCUT2D eigenvalue weighted by Crippen LogP contribution is -1.92. The van der Waals surface area contributed by atoms with Gasteiger partial charge in [-0.05, 0) is 31.2 Å². The van der Waals surface area contributed by atoms with Crippen molar-refractivity contribution < 1.29 is 19.2 Å². The zero-order valence-corrected chi connectivity index (χ0v) is 9.96. The van der Waals surface area contributed by atoms with Crippen molar-refractivity contribution in [2.24, 2.45) is 0 Å². The smallest absolute Gasteiger partial charge is 0.272 e. The summed E-state index contributed by atoms with van der Waals surface area (Å²) < 4.78 is 18.1. The van der Waals surface area contributed by atoms with Crippen molar-refractivity contribution in [3.63, 3.8) is 0 Å². The van der Waals surface area contributed by atoms with Gasteiger partial charge in [-0.2, -0.15) is 0 Å². The van der Waals surface area contributed by atoms with Crippen molar-refractivity contribution in [3.05, 3.63) is 57.9 Å². The predicted octanol–water partition coefficient (Wildman–Crippen LogP) is 3.54. The molecule has 0 amide bonds. The number of hydrogen-bond donors (Lipinski definition) is 1. The third-order valence-electron chi connectivity index (χ3n) is 2.51. The Balaban J connectivity index is 2.29. The van der Waals surface area contributed by atoms with Gasteiger partial charge in [0, 0.05) is 17.7 Å². The average Bonchev–Trinajstić information content (AvgIpc) is 2.32. The first kappa shape index (κ1) is 12.8. The van der Waals surface area contributed by atoms with Crippen molar-refractivity contribution in [3.8, 4) is 17.2 Å². The quantitative estimate of drug-likeness (QED) is 0.679. The van der Waals surface area contributed by atoms with Crippen LogP contribution in [0.2, 0.25) is 0 Å². The molecule has 19 heavy (non-hydrogen) atoms. The zero-order valence-electron chi connectivity index (χ0n) is 9.96. The maximum absolute atomic E-state index is 12.8. The van der Waals surface area contributed by atoms with Crippen LogP contribution in [0.5, 0.6) is 17.2 Å². The molecule has 6 heteroatoms. The third-order valence-corrected chi connectivity index (χ3v) is 2.51. The van der Waals surface area contributed by atoms with Crippen LogP contribution >= 0.6 is 0 Å². The van der Waals surface area contributed by atoms with E-state index in [1.165, 1.54) is 24.3 Å².